The maximum Gasteiger partial charge on any atom is 0.338 e. The number of nitrogens with zero attached hydrogens (tertiary/aromatic N) is 1. The van der Waals surface area contributed by atoms with Crippen LogP contribution in [0.4, 0.5) is 0 Å². The molecule has 0 radical (unpaired) electrons. The van der Waals surface area contributed by atoms with Crippen LogP contribution in [0.5, 0.6) is 0 Å². The lowest BCUT2D eigenvalue weighted by Crippen LogP contribution is -2.39. The van der Waals surface area contributed by atoms with E-state index in [1.54, 1.807) is 13.8 Å². The summed E-state index contributed by atoms with van der Waals surface area (Å²) in [6.07, 6.45) is 3.62. The molecule has 2 bridgehead atoms. The second-order valence-electron chi connectivity index (χ2n) is 6.97. The number of imide groups is 1. The molecule has 1 aliphatic heterocycles. The molecule has 0 N–H and O–H groups in total. The van der Waals surface area contributed by atoms with Gasteiger partial charge in [0.25, 0.3) is 11.8 Å². The van der Waals surface area contributed by atoms with Crippen molar-refractivity contribution in [2.75, 3.05) is 0 Å². The highest BCUT2D eigenvalue weighted by atomic mass is 16.7. The van der Waals surface area contributed by atoms with E-state index in [4.69, 9.17) is 4.84 Å². The zero-order valence-corrected chi connectivity index (χ0v) is 12.2. The van der Waals surface area contributed by atoms with Crippen LogP contribution in [0.3, 0.4) is 0 Å². The third-order valence-electron chi connectivity index (χ3n) is 5.50. The van der Waals surface area contributed by atoms with Gasteiger partial charge in [0, 0.05) is 0 Å². The highest BCUT2D eigenvalue weighted by Gasteiger charge is 2.62. The van der Waals surface area contributed by atoms with E-state index in [0.717, 1.165) is 24.3 Å². The summed E-state index contributed by atoms with van der Waals surface area (Å²) in [5, 5.41) is 0.763. The minimum atomic E-state index is -0.683. The molecule has 0 spiro atoms. The van der Waals surface area contributed by atoms with E-state index < -0.39 is 11.4 Å². The number of carbonyl (C=O) groups excluding carboxylic acids is 3. The molecule has 3 fully saturated rings. The monoisotopic (exact) mass is 279 g/mol. The molecular formula is C15H21NO4. The fourth-order valence-corrected chi connectivity index (χ4v) is 3.82. The Morgan fingerprint density at radius 1 is 1.20 bits per heavy atom. The lowest BCUT2D eigenvalue weighted by Gasteiger charge is -2.23. The minimum Gasteiger partial charge on any atom is -0.330 e. The van der Waals surface area contributed by atoms with E-state index in [9.17, 15) is 14.4 Å². The average Bonchev–Trinajstić information content (AvgIpc) is 3.08. The first kappa shape index (κ1) is 13.6. The maximum atomic E-state index is 12.4. The Labute approximate surface area is 118 Å². The Hall–Kier alpha value is -1.39. The Balaban J connectivity index is 1.78. The molecule has 110 valence electrons. The lowest BCUT2D eigenvalue weighted by atomic mass is 9.81. The highest BCUT2D eigenvalue weighted by molar-refractivity contribution is 6.05. The van der Waals surface area contributed by atoms with Crippen molar-refractivity contribution in [3.63, 3.8) is 0 Å². The molecule has 1 saturated heterocycles. The fourth-order valence-electron chi connectivity index (χ4n) is 3.82. The molecule has 2 amide bonds. The maximum absolute atomic E-state index is 12.4. The number of rotatable bonds is 3. The number of fused-ring (bicyclic) bond motifs is 5. The zero-order chi connectivity index (χ0) is 14.7. The summed E-state index contributed by atoms with van der Waals surface area (Å²) >= 11 is 0. The van der Waals surface area contributed by atoms with Crippen molar-refractivity contribution in [2.45, 2.75) is 46.5 Å². The molecule has 5 nitrogen and oxygen atoms in total. The van der Waals surface area contributed by atoms with Gasteiger partial charge in [-0.3, -0.25) is 9.59 Å². The van der Waals surface area contributed by atoms with Gasteiger partial charge in [0.1, 0.15) is 0 Å². The first-order valence-corrected chi connectivity index (χ1v) is 7.47. The van der Waals surface area contributed by atoms with E-state index in [1.807, 2.05) is 6.92 Å². The summed E-state index contributed by atoms with van der Waals surface area (Å²) in [4.78, 5) is 42.0. The van der Waals surface area contributed by atoms with Crippen molar-refractivity contribution in [2.24, 2.45) is 29.1 Å². The van der Waals surface area contributed by atoms with Crippen LogP contribution in [0.15, 0.2) is 0 Å². The minimum absolute atomic E-state index is 0.237. The van der Waals surface area contributed by atoms with Gasteiger partial charge in [-0.1, -0.05) is 6.92 Å². The van der Waals surface area contributed by atoms with Crippen LogP contribution in [0.2, 0.25) is 0 Å². The zero-order valence-electron chi connectivity index (χ0n) is 12.2. The van der Waals surface area contributed by atoms with Gasteiger partial charge in [-0.2, -0.15) is 0 Å². The summed E-state index contributed by atoms with van der Waals surface area (Å²) in [5.74, 6) is -0.958. The molecule has 4 unspecified atom stereocenters. The largest absolute Gasteiger partial charge is 0.338 e. The van der Waals surface area contributed by atoms with Crippen LogP contribution in [0, 0.1) is 29.1 Å². The third-order valence-corrected chi connectivity index (χ3v) is 5.50. The van der Waals surface area contributed by atoms with Crippen molar-refractivity contribution in [3.05, 3.63) is 0 Å². The summed E-state index contributed by atoms with van der Waals surface area (Å²) in [6, 6.07) is 0. The number of hydrogen-bond donors (Lipinski definition) is 0. The molecule has 1 heterocycles. The summed E-state index contributed by atoms with van der Waals surface area (Å²) in [6.45, 7) is 5.39. The lowest BCUT2D eigenvalue weighted by molar-refractivity contribution is -0.206. The van der Waals surface area contributed by atoms with E-state index >= 15 is 0 Å². The van der Waals surface area contributed by atoms with Crippen molar-refractivity contribution >= 4 is 17.8 Å². The van der Waals surface area contributed by atoms with Crippen molar-refractivity contribution < 1.29 is 19.2 Å². The number of amides is 2. The Morgan fingerprint density at radius 2 is 1.70 bits per heavy atom. The molecule has 3 aliphatic rings. The van der Waals surface area contributed by atoms with E-state index in [2.05, 4.69) is 0 Å². The van der Waals surface area contributed by atoms with E-state index in [0.29, 0.717) is 18.3 Å². The first-order chi connectivity index (χ1) is 9.36. The molecule has 0 aromatic rings. The van der Waals surface area contributed by atoms with Crippen molar-refractivity contribution in [3.8, 4) is 0 Å². The van der Waals surface area contributed by atoms with Gasteiger partial charge in [-0.25, -0.2) is 4.79 Å². The molecule has 2 saturated carbocycles. The van der Waals surface area contributed by atoms with Crippen LogP contribution >= 0.6 is 0 Å². The molecule has 0 aromatic heterocycles. The number of hydroxylamine groups is 2. The van der Waals surface area contributed by atoms with Gasteiger partial charge < -0.3 is 4.84 Å². The smallest absolute Gasteiger partial charge is 0.330 e. The SMILES string of the molecule is CCC(C)(C)C(=O)ON1C(=O)C2C3CCC(C3)C2C1=O. The van der Waals surface area contributed by atoms with Gasteiger partial charge in [-0.15, -0.1) is 5.06 Å². The molecule has 5 heteroatoms. The molecule has 2 aliphatic carbocycles. The average molecular weight is 279 g/mol. The summed E-state index contributed by atoms with van der Waals surface area (Å²) < 4.78 is 0. The van der Waals surface area contributed by atoms with Gasteiger partial charge in [0.05, 0.1) is 17.3 Å². The van der Waals surface area contributed by atoms with Gasteiger partial charge in [0.2, 0.25) is 0 Å². The second kappa shape index (κ2) is 4.30. The summed E-state index contributed by atoms with van der Waals surface area (Å²) in [5.41, 5.74) is -0.683. The molecule has 0 aromatic carbocycles. The molecule has 4 atom stereocenters. The Kier molecular flexibility index (Phi) is 2.92. The highest BCUT2D eigenvalue weighted by Crippen LogP contribution is 2.56. The van der Waals surface area contributed by atoms with Crippen LogP contribution in [0.25, 0.3) is 0 Å². The van der Waals surface area contributed by atoms with E-state index in [1.165, 1.54) is 0 Å². The van der Waals surface area contributed by atoms with Crippen LogP contribution in [-0.4, -0.2) is 22.8 Å². The van der Waals surface area contributed by atoms with Crippen LogP contribution in [0.1, 0.15) is 46.5 Å². The fraction of sp³-hybridized carbons (Fsp3) is 0.800. The standard InChI is InChI=1S/C15H21NO4/c1-4-15(2,3)14(19)20-16-12(17)10-8-5-6-9(7-8)11(10)13(16)18/h8-11H,4-7H2,1-3H3. The first-order valence-electron chi connectivity index (χ1n) is 7.47. The molecule has 20 heavy (non-hydrogen) atoms. The Morgan fingerprint density at radius 3 is 2.15 bits per heavy atom. The Bertz CT molecular complexity index is 456. The predicted molar refractivity (Wildman–Crippen MR) is 69.8 cm³/mol. The van der Waals surface area contributed by atoms with Crippen molar-refractivity contribution in [1.29, 1.82) is 0 Å². The summed E-state index contributed by atoms with van der Waals surface area (Å²) in [7, 11) is 0. The quantitative estimate of drug-likeness (QED) is 0.740. The third kappa shape index (κ3) is 1.71. The van der Waals surface area contributed by atoms with E-state index in [-0.39, 0.29) is 23.7 Å². The molecule has 3 rings (SSSR count). The topological polar surface area (TPSA) is 63.7 Å². The van der Waals surface area contributed by atoms with Gasteiger partial charge in [0.15, 0.2) is 0 Å². The normalized spacial score (nSPS) is 35.6. The van der Waals surface area contributed by atoms with Crippen LogP contribution < -0.4 is 0 Å². The van der Waals surface area contributed by atoms with Gasteiger partial charge >= 0.3 is 5.97 Å². The predicted octanol–water partition coefficient (Wildman–Crippen LogP) is 1.91. The second-order valence-corrected chi connectivity index (χ2v) is 6.97. The number of carbonyl (C=O) groups is 3. The van der Waals surface area contributed by atoms with Crippen molar-refractivity contribution in [1.82, 2.24) is 5.06 Å². The van der Waals surface area contributed by atoms with Crippen LogP contribution in [-0.2, 0) is 19.2 Å². The number of hydrogen-bond acceptors (Lipinski definition) is 4. The molecular weight excluding hydrogens is 258 g/mol. The van der Waals surface area contributed by atoms with Gasteiger partial charge in [-0.05, 0) is 51.4 Å².